The highest BCUT2D eigenvalue weighted by Gasteiger charge is 2.36. The molecule has 2 aliphatic heterocycles. The molecule has 656 valence electrons. The summed E-state index contributed by atoms with van der Waals surface area (Å²) in [5.41, 5.74) is 46.6. The highest BCUT2D eigenvalue weighted by molar-refractivity contribution is 7.91. The van der Waals surface area contributed by atoms with Crippen LogP contribution in [-0.4, -0.2) is 147 Å². The van der Waals surface area contributed by atoms with E-state index in [0.29, 0.717) is 119 Å². The molecule has 0 unspecified atom stereocenters. The first-order chi connectivity index (χ1) is 62.9. The average molecular weight is 1780 g/mol. The number of carbonyl (C=O) groups is 3. The minimum atomic E-state index is -3.04. The van der Waals surface area contributed by atoms with Crippen molar-refractivity contribution < 1.29 is 45.9 Å². The molecule has 0 radical (unpaired) electrons. The van der Waals surface area contributed by atoms with Gasteiger partial charge in [0.2, 0.25) is 5.69 Å². The third-order valence-electron chi connectivity index (χ3n) is 24.7. The Morgan fingerprint density at radius 3 is 1.25 bits per heavy atom. The smallest absolute Gasteiger partial charge is 0.373 e. The van der Waals surface area contributed by atoms with Crippen LogP contribution in [0, 0.1) is 23.8 Å². The molecular weight excluding hydrogens is 1690 g/mol. The summed E-state index contributed by atoms with van der Waals surface area (Å²) in [6.45, 7) is 10.5. The van der Waals surface area contributed by atoms with Gasteiger partial charge >= 0.3 is 12.1 Å². The maximum atomic E-state index is 12.5. The second-order valence-electron chi connectivity index (χ2n) is 32.7. The summed E-state index contributed by atoms with van der Waals surface area (Å²) in [6.07, 6.45) is 40.3. The van der Waals surface area contributed by atoms with Gasteiger partial charge in [0.15, 0.2) is 34.2 Å². The number of aliphatic carboxylic acids is 1. The zero-order valence-corrected chi connectivity index (χ0v) is 72.7. The largest absolute Gasteiger partial charge is 0.481 e. The minimum Gasteiger partial charge on any atom is -0.481 e. The van der Waals surface area contributed by atoms with Crippen LogP contribution in [0.4, 0.5) is 29.0 Å². The average Bonchev–Trinajstić information content (AvgIpc) is 1.77. The van der Waals surface area contributed by atoms with Crippen LogP contribution in [0.15, 0.2) is 195 Å². The summed E-state index contributed by atoms with van der Waals surface area (Å²) in [4.78, 5) is 93.6. The second kappa shape index (κ2) is 38.1. The normalized spacial score (nSPS) is 17.0. The molecule has 2 aromatic carbocycles. The molecule has 6 aliphatic rings. The standard InChI is InChI=1S/C24H22N6O2.C24H22N6.C24H23N5O3S.C23H23N5O3S.CO2/c25-11-18-21(15-5-7-16(8-6-15)24(31)32)29-23-19(13-28-30(23)22(18)26)17-9-10-20(27-12-17)14-3-1-2-4-14;1-26-22-21(17-10-6-3-7-11-17)29-24-19(15-28-30(24)23(22)25)18-12-13-20(27-14-18)16-8-4-2-5-9-16;1-15(30)21-22(18-8-11-33(31,32)12-9-18)28-24-20(14-27-29(24)23(21)25)17-6-4-16(5-7-17)19-3-2-10-26-13-19;1-14(29)20-21(16-8-10-32(30,31)11-9-16)27-23-18(13-26-28(23)22(20)24)17-6-7-19(25-12-17)15-4-2-3-5-15;2-1-3/h1,3-4,9-10,12-13,15-16H,2,5-8,26H2,(H,31,32);2,4-5,8-9,12-15,17H,3,6-7,10-11,25H2;2-7,10,13-14,18H,8-9,11-12,25H2,1H3;2,4-7,12-13,16H,3,8-11,24H2,1H3;. The van der Waals surface area contributed by atoms with E-state index in [0.717, 1.165) is 121 Å². The highest BCUT2D eigenvalue weighted by Crippen LogP contribution is 2.44. The van der Waals surface area contributed by atoms with Gasteiger partial charge in [-0.3, -0.25) is 34.3 Å². The first-order valence-electron chi connectivity index (χ1n) is 42.7. The fraction of sp³-hybridized carbons (Fsp3) is 0.271. The Bertz CT molecular complexity index is 7190. The molecule has 0 atom stereocenters. The van der Waals surface area contributed by atoms with Crippen molar-refractivity contribution >= 4 is 106 Å². The second-order valence-corrected chi connectivity index (χ2v) is 37.4. The van der Waals surface area contributed by atoms with Gasteiger partial charge in [0.05, 0.1) is 111 Å². The van der Waals surface area contributed by atoms with Gasteiger partial charge in [0, 0.05) is 93.2 Å². The number of nitrogens with two attached hydrogens (primary N) is 4. The zero-order valence-electron chi connectivity index (χ0n) is 71.1. The SMILES string of the molecule is CC(=O)c1c(C2CCS(=O)(=O)CC2)nc2c(-c3ccc(-c4cccnc4)cc3)cnn2c1N.CC(=O)c1c(C2CCS(=O)(=O)CC2)nc2c(-c3ccc(C4=CCC=C4)nc3)cnn2c1N.N#Cc1c(C2CCC(C(=O)O)CC2)nc2c(-c3ccc(C4=CCC=C4)nc3)cnn2c1N.O=C=O.[C-]#[N+]c1c(C2CCCCC2)nc2c(-c3ccc(-c4ccccc4)nc3)cnn2c1N. The molecule has 20 rings (SSSR count). The molecule has 32 nitrogen and oxygen atoms in total. The number of carboxylic acids is 1. The number of benzene rings is 2. The molecule has 130 heavy (non-hydrogen) atoms. The number of pyridine rings is 4. The number of rotatable bonds is 15. The van der Waals surface area contributed by atoms with Crippen molar-refractivity contribution in [3.8, 4) is 73.0 Å². The molecule has 2 saturated carbocycles. The summed E-state index contributed by atoms with van der Waals surface area (Å²) in [6, 6.07) is 36.1. The molecule has 12 aromatic heterocycles. The summed E-state index contributed by atoms with van der Waals surface area (Å²) in [5, 5.41) is 36.6. The minimum absolute atomic E-state index is 0.00288. The van der Waals surface area contributed by atoms with Crippen LogP contribution < -0.4 is 22.9 Å². The van der Waals surface area contributed by atoms with E-state index in [4.69, 9.17) is 59.0 Å². The van der Waals surface area contributed by atoms with Crippen LogP contribution in [-0.2, 0) is 34.1 Å². The Kier molecular flexibility index (Phi) is 25.9. The number of hydrogen-bond donors (Lipinski definition) is 5. The molecule has 2 saturated heterocycles. The van der Waals surface area contributed by atoms with Gasteiger partial charge in [0.1, 0.15) is 54.6 Å². The fourth-order valence-corrected chi connectivity index (χ4v) is 20.8. The fourth-order valence-electron chi connectivity index (χ4n) is 17.8. The van der Waals surface area contributed by atoms with Crippen molar-refractivity contribution in [3.05, 3.63) is 258 Å². The van der Waals surface area contributed by atoms with E-state index < -0.39 is 25.6 Å². The Morgan fingerprint density at radius 1 is 0.446 bits per heavy atom. The lowest BCUT2D eigenvalue weighted by Gasteiger charge is -2.26. The number of nitrogens with zero attached hydrogens (tertiary/aromatic N) is 18. The molecule has 14 heterocycles. The van der Waals surface area contributed by atoms with E-state index in [1.165, 1.54) is 46.7 Å². The predicted molar refractivity (Wildman–Crippen MR) is 492 cm³/mol. The van der Waals surface area contributed by atoms with Crippen molar-refractivity contribution in [2.75, 3.05) is 45.9 Å². The summed E-state index contributed by atoms with van der Waals surface area (Å²) < 4.78 is 53.7. The van der Waals surface area contributed by atoms with Crippen LogP contribution in [0.25, 0.3) is 105 Å². The number of nitrogen functional groups attached to an aromatic ring is 4. The first-order valence-corrected chi connectivity index (χ1v) is 46.4. The topological polar surface area (TPSA) is 478 Å². The number of allylic oxidation sites excluding steroid dienone is 8. The van der Waals surface area contributed by atoms with E-state index in [-0.39, 0.29) is 87.8 Å². The van der Waals surface area contributed by atoms with E-state index in [1.807, 2.05) is 116 Å². The lowest BCUT2D eigenvalue weighted by atomic mass is 9.79. The maximum Gasteiger partial charge on any atom is 0.373 e. The Morgan fingerprint density at radius 2 is 0.846 bits per heavy atom. The number of carbonyl (C=O) groups excluding carboxylic acids is 4. The van der Waals surface area contributed by atoms with Gasteiger partial charge in [-0.05, 0) is 149 Å². The number of hydrogen-bond acceptors (Lipinski definition) is 26. The van der Waals surface area contributed by atoms with Gasteiger partial charge < -0.3 is 28.0 Å². The van der Waals surface area contributed by atoms with Crippen LogP contribution in [0.3, 0.4) is 0 Å². The van der Waals surface area contributed by atoms with Crippen molar-refractivity contribution in [3.63, 3.8) is 0 Å². The van der Waals surface area contributed by atoms with E-state index in [9.17, 15) is 41.6 Å². The molecule has 34 heteroatoms. The summed E-state index contributed by atoms with van der Waals surface area (Å²) >= 11 is 0. The number of sulfone groups is 2. The molecule has 14 aromatic rings. The van der Waals surface area contributed by atoms with Crippen LogP contribution in [0.2, 0.25) is 0 Å². The van der Waals surface area contributed by atoms with Gasteiger partial charge in [-0.1, -0.05) is 135 Å². The predicted octanol–water partition coefficient (Wildman–Crippen LogP) is 15.7. The lowest BCUT2D eigenvalue weighted by Crippen LogP contribution is -2.25. The van der Waals surface area contributed by atoms with Crippen LogP contribution in [0.5, 0.6) is 0 Å². The highest BCUT2D eigenvalue weighted by atomic mass is 32.2. The van der Waals surface area contributed by atoms with Crippen LogP contribution >= 0.6 is 0 Å². The molecular formula is C96H90N22O10S2. The summed E-state index contributed by atoms with van der Waals surface area (Å²) in [7, 11) is -6.08. The lowest BCUT2D eigenvalue weighted by molar-refractivity contribution is -0.191. The third kappa shape index (κ3) is 18.4. The molecule has 0 spiro atoms. The van der Waals surface area contributed by atoms with Crippen molar-refractivity contribution in [1.29, 1.82) is 5.26 Å². The quantitative estimate of drug-likeness (QED) is 0.0470. The van der Waals surface area contributed by atoms with Crippen molar-refractivity contribution in [1.82, 2.24) is 78.3 Å². The molecule has 9 N–H and O–H groups in total. The first kappa shape index (κ1) is 88.2. The van der Waals surface area contributed by atoms with Gasteiger partial charge in [-0.25, -0.2) is 46.1 Å². The molecule has 4 aliphatic carbocycles. The Balaban J connectivity index is 0.000000126. The molecule has 0 amide bonds. The van der Waals surface area contributed by atoms with Gasteiger partial charge in [-0.15, -0.1) is 0 Å². The molecule has 4 fully saturated rings. The van der Waals surface area contributed by atoms with E-state index in [1.54, 1.807) is 47.9 Å². The number of anilines is 4. The summed E-state index contributed by atoms with van der Waals surface area (Å²) in [5.74, 6) is -0.0803. The number of carboxylic acid groups (broad SMARTS) is 1. The Labute approximate surface area is 747 Å². The number of fused-ring (bicyclic) bond motifs is 4. The number of ketones is 2. The Hall–Kier alpha value is -15.3. The third-order valence-corrected chi connectivity index (χ3v) is 28.1. The van der Waals surface area contributed by atoms with Crippen molar-refractivity contribution in [2.45, 2.75) is 134 Å². The monoisotopic (exact) mass is 1770 g/mol. The number of nitriles is 1. The number of Topliss-reactive ketones (excluding diaryl/α,β-unsaturated/α-hetero) is 2. The van der Waals surface area contributed by atoms with Gasteiger partial charge in [-0.2, -0.15) is 48.8 Å². The molecule has 0 bridgehead atoms. The van der Waals surface area contributed by atoms with Crippen LogP contribution in [0.1, 0.15) is 194 Å². The van der Waals surface area contributed by atoms with Crippen molar-refractivity contribution in [2.24, 2.45) is 5.92 Å². The van der Waals surface area contributed by atoms with E-state index >= 15 is 0 Å². The maximum absolute atomic E-state index is 12.5. The van der Waals surface area contributed by atoms with Gasteiger partial charge in [0.25, 0.3) is 0 Å². The van der Waals surface area contributed by atoms with E-state index in [2.05, 4.69) is 87.7 Å². The number of aromatic nitrogens is 16. The zero-order chi connectivity index (χ0) is 91.1.